The molecule has 148 valence electrons. The molecule has 1 atom stereocenters. The minimum absolute atomic E-state index is 0.174. The van der Waals surface area contributed by atoms with Crippen LogP contribution < -0.4 is 10.2 Å². The summed E-state index contributed by atoms with van der Waals surface area (Å²) >= 11 is 0. The van der Waals surface area contributed by atoms with Crippen LogP contribution in [-0.2, 0) is 19.5 Å². The molecular formula is C23H24FN5. The Morgan fingerprint density at radius 2 is 1.86 bits per heavy atom. The Bertz CT molecular complexity index is 990. The number of nitrogens with zero attached hydrogens (tertiary/aromatic N) is 4. The maximum atomic E-state index is 13.2. The average molecular weight is 389 g/mol. The van der Waals surface area contributed by atoms with E-state index in [0.29, 0.717) is 5.92 Å². The van der Waals surface area contributed by atoms with Crippen LogP contribution in [-0.4, -0.2) is 28.0 Å². The van der Waals surface area contributed by atoms with Gasteiger partial charge in [-0.2, -0.15) is 0 Å². The monoisotopic (exact) mass is 389 g/mol. The second-order valence-corrected chi connectivity index (χ2v) is 7.92. The van der Waals surface area contributed by atoms with Crippen LogP contribution >= 0.6 is 0 Å². The number of nitrogens with one attached hydrogen (secondary N) is 1. The van der Waals surface area contributed by atoms with Crippen LogP contribution in [0, 0.1) is 11.7 Å². The molecule has 0 aliphatic carbocycles. The Labute approximate surface area is 170 Å². The van der Waals surface area contributed by atoms with Gasteiger partial charge in [0.1, 0.15) is 11.6 Å². The lowest BCUT2D eigenvalue weighted by Crippen LogP contribution is -2.37. The van der Waals surface area contributed by atoms with Crippen molar-refractivity contribution < 1.29 is 4.39 Å². The highest BCUT2D eigenvalue weighted by Crippen LogP contribution is 2.31. The van der Waals surface area contributed by atoms with Gasteiger partial charge in [0.2, 0.25) is 0 Å². The fraction of sp³-hybridized carbons (Fsp3) is 0.348. The summed E-state index contributed by atoms with van der Waals surface area (Å²) in [6, 6.07) is 10.8. The van der Waals surface area contributed by atoms with Crippen LogP contribution in [0.1, 0.15) is 29.7 Å². The Hall–Kier alpha value is -2.86. The third kappa shape index (κ3) is 3.85. The fourth-order valence-corrected chi connectivity index (χ4v) is 4.42. The molecule has 0 radical (unpaired) electrons. The summed E-state index contributed by atoms with van der Waals surface area (Å²) in [4.78, 5) is 16.3. The predicted octanol–water partition coefficient (Wildman–Crippen LogP) is 3.74. The number of rotatable bonds is 4. The average Bonchev–Trinajstić information content (AvgIpc) is 3.24. The van der Waals surface area contributed by atoms with E-state index in [0.717, 1.165) is 61.9 Å². The molecule has 2 aromatic heterocycles. The maximum Gasteiger partial charge on any atom is 0.161 e. The van der Waals surface area contributed by atoms with E-state index in [9.17, 15) is 4.39 Å². The summed E-state index contributed by atoms with van der Waals surface area (Å²) in [5.74, 6) is 2.20. The first kappa shape index (κ1) is 18.2. The lowest BCUT2D eigenvalue weighted by Gasteiger charge is -2.35. The predicted molar refractivity (Wildman–Crippen MR) is 111 cm³/mol. The molecule has 2 aliphatic heterocycles. The normalized spacial score (nSPS) is 18.7. The van der Waals surface area contributed by atoms with E-state index in [1.807, 2.05) is 24.3 Å². The third-order valence-electron chi connectivity index (χ3n) is 5.86. The van der Waals surface area contributed by atoms with Gasteiger partial charge in [-0.3, -0.25) is 4.98 Å². The summed E-state index contributed by atoms with van der Waals surface area (Å²) in [5.41, 5.74) is 4.52. The molecule has 2 aliphatic rings. The van der Waals surface area contributed by atoms with Gasteiger partial charge >= 0.3 is 0 Å². The second kappa shape index (κ2) is 7.87. The van der Waals surface area contributed by atoms with Gasteiger partial charge in [-0.25, -0.2) is 14.4 Å². The van der Waals surface area contributed by atoms with Crippen molar-refractivity contribution >= 4 is 5.82 Å². The smallest absolute Gasteiger partial charge is 0.161 e. The number of halogens is 1. The molecule has 3 aromatic rings. The lowest BCUT2D eigenvalue weighted by molar-refractivity contribution is 0.410. The van der Waals surface area contributed by atoms with Crippen molar-refractivity contribution in [3.05, 3.63) is 71.4 Å². The zero-order valence-electron chi connectivity index (χ0n) is 16.3. The molecule has 0 amide bonds. The van der Waals surface area contributed by atoms with E-state index in [4.69, 9.17) is 9.97 Å². The fourth-order valence-electron chi connectivity index (χ4n) is 4.42. The summed E-state index contributed by atoms with van der Waals surface area (Å²) in [7, 11) is 0. The van der Waals surface area contributed by atoms with Gasteiger partial charge in [-0.15, -0.1) is 0 Å². The SMILES string of the molecule is Fc1ccc(CC2CCCN(c3nc(-c4ccncc4)nc4c3CNC4)C2)cc1. The van der Waals surface area contributed by atoms with Gasteiger partial charge in [0.05, 0.1) is 5.69 Å². The minimum Gasteiger partial charge on any atom is -0.356 e. The summed E-state index contributed by atoms with van der Waals surface area (Å²) in [6.45, 7) is 3.59. The molecule has 0 spiro atoms. The van der Waals surface area contributed by atoms with Gasteiger partial charge < -0.3 is 10.2 Å². The van der Waals surface area contributed by atoms with Gasteiger partial charge in [0, 0.05) is 49.7 Å². The molecule has 6 heteroatoms. The van der Waals surface area contributed by atoms with Crippen molar-refractivity contribution in [2.45, 2.75) is 32.4 Å². The van der Waals surface area contributed by atoms with Crippen LogP contribution in [0.25, 0.3) is 11.4 Å². The molecule has 1 N–H and O–H groups in total. The molecule has 4 heterocycles. The summed E-state index contributed by atoms with van der Waals surface area (Å²) in [5, 5.41) is 3.43. The Morgan fingerprint density at radius 3 is 2.69 bits per heavy atom. The van der Waals surface area contributed by atoms with Crippen molar-refractivity contribution in [3.8, 4) is 11.4 Å². The van der Waals surface area contributed by atoms with Crippen LogP contribution in [0.3, 0.4) is 0 Å². The van der Waals surface area contributed by atoms with E-state index < -0.39 is 0 Å². The highest BCUT2D eigenvalue weighted by Gasteiger charge is 2.27. The quantitative estimate of drug-likeness (QED) is 0.737. The number of hydrogen-bond donors (Lipinski definition) is 1. The van der Waals surface area contributed by atoms with Crippen LogP contribution in [0.5, 0.6) is 0 Å². The molecule has 29 heavy (non-hydrogen) atoms. The van der Waals surface area contributed by atoms with E-state index in [1.165, 1.54) is 17.5 Å². The van der Waals surface area contributed by atoms with Crippen molar-refractivity contribution in [2.24, 2.45) is 5.92 Å². The molecule has 1 saturated heterocycles. The Morgan fingerprint density at radius 1 is 1.03 bits per heavy atom. The van der Waals surface area contributed by atoms with Crippen molar-refractivity contribution in [1.29, 1.82) is 0 Å². The summed E-state index contributed by atoms with van der Waals surface area (Å²) in [6.07, 6.45) is 6.87. The second-order valence-electron chi connectivity index (χ2n) is 7.92. The molecular weight excluding hydrogens is 365 g/mol. The zero-order chi connectivity index (χ0) is 19.6. The van der Waals surface area contributed by atoms with Gasteiger partial charge in [0.25, 0.3) is 0 Å². The highest BCUT2D eigenvalue weighted by atomic mass is 19.1. The largest absolute Gasteiger partial charge is 0.356 e. The first-order valence-corrected chi connectivity index (χ1v) is 10.3. The molecule has 1 aromatic carbocycles. The molecule has 0 saturated carbocycles. The number of piperidine rings is 1. The van der Waals surface area contributed by atoms with Crippen molar-refractivity contribution in [2.75, 3.05) is 18.0 Å². The molecule has 1 fully saturated rings. The van der Waals surface area contributed by atoms with Crippen molar-refractivity contribution in [1.82, 2.24) is 20.3 Å². The van der Waals surface area contributed by atoms with E-state index >= 15 is 0 Å². The van der Waals surface area contributed by atoms with E-state index in [-0.39, 0.29) is 5.82 Å². The van der Waals surface area contributed by atoms with Crippen LogP contribution in [0.4, 0.5) is 10.2 Å². The Kier molecular flexibility index (Phi) is 4.94. The molecule has 0 bridgehead atoms. The third-order valence-corrected chi connectivity index (χ3v) is 5.86. The van der Waals surface area contributed by atoms with E-state index in [1.54, 1.807) is 24.5 Å². The van der Waals surface area contributed by atoms with Gasteiger partial charge in [-0.1, -0.05) is 12.1 Å². The first-order valence-electron chi connectivity index (χ1n) is 10.3. The molecule has 1 unspecified atom stereocenters. The minimum atomic E-state index is -0.174. The number of anilines is 1. The van der Waals surface area contributed by atoms with Crippen LogP contribution in [0.2, 0.25) is 0 Å². The number of aromatic nitrogens is 3. The van der Waals surface area contributed by atoms with E-state index in [2.05, 4.69) is 15.2 Å². The number of pyridine rings is 1. The Balaban J connectivity index is 1.42. The standard InChI is InChI=1S/C23H24FN5/c24-19-5-3-16(4-6-19)12-17-2-1-11-29(15-17)23-20-13-26-14-21(20)27-22(28-23)18-7-9-25-10-8-18/h3-10,17,26H,1-2,11-15H2. The number of benzene rings is 1. The topological polar surface area (TPSA) is 53.9 Å². The van der Waals surface area contributed by atoms with Crippen LogP contribution in [0.15, 0.2) is 48.8 Å². The van der Waals surface area contributed by atoms with Crippen molar-refractivity contribution in [3.63, 3.8) is 0 Å². The number of hydrogen-bond acceptors (Lipinski definition) is 5. The molecule has 5 nitrogen and oxygen atoms in total. The van der Waals surface area contributed by atoms with Gasteiger partial charge in [-0.05, 0) is 55.0 Å². The van der Waals surface area contributed by atoms with Gasteiger partial charge in [0.15, 0.2) is 5.82 Å². The zero-order valence-corrected chi connectivity index (χ0v) is 16.3. The molecule has 5 rings (SSSR count). The first-order chi connectivity index (χ1) is 14.3. The maximum absolute atomic E-state index is 13.2. The lowest BCUT2D eigenvalue weighted by atomic mass is 9.91. The highest BCUT2D eigenvalue weighted by molar-refractivity contribution is 5.61. The summed E-state index contributed by atoms with van der Waals surface area (Å²) < 4.78 is 13.2. The number of fused-ring (bicyclic) bond motifs is 1.